The fraction of sp³-hybridized carbons (Fsp3) is 0.647. The standard InChI is InChI=1S/C9H14BrN3O3.C8H13N3O3/c1-9(2,3)6(14)16-5-13-7(10)11-12(4)8(13)15;1-8(2,3)6(12)14-5-11-4-9-10-7(11)13/h5H2,1-4H3;4H,5H2,1-3H3,(H,10,13). The van der Waals surface area contributed by atoms with Gasteiger partial charge in [-0.2, -0.15) is 5.10 Å². The summed E-state index contributed by atoms with van der Waals surface area (Å²) in [6.45, 7) is 10.2. The van der Waals surface area contributed by atoms with Gasteiger partial charge in [-0.1, -0.05) is 0 Å². The number of nitrogens with zero attached hydrogens (tertiary/aromatic N) is 5. The fourth-order valence-electron chi connectivity index (χ4n) is 1.63. The van der Waals surface area contributed by atoms with Gasteiger partial charge in [0.05, 0.1) is 10.8 Å². The minimum Gasteiger partial charge on any atom is -0.443 e. The maximum atomic E-state index is 11.5. The number of hydrogen-bond acceptors (Lipinski definition) is 8. The molecule has 0 spiro atoms. The van der Waals surface area contributed by atoms with Crippen molar-refractivity contribution in [3.8, 4) is 0 Å². The smallest absolute Gasteiger partial charge is 0.349 e. The monoisotopic (exact) mass is 490 g/mol. The van der Waals surface area contributed by atoms with E-state index in [2.05, 4.69) is 31.2 Å². The molecule has 0 aliphatic carbocycles. The molecule has 0 atom stereocenters. The Hall–Kier alpha value is -2.70. The van der Waals surface area contributed by atoms with Crippen molar-refractivity contribution in [3.05, 3.63) is 32.0 Å². The zero-order chi connectivity index (χ0) is 23.3. The Morgan fingerprint density at radius 1 is 1.03 bits per heavy atom. The molecule has 30 heavy (non-hydrogen) atoms. The molecule has 0 aliphatic rings. The lowest BCUT2D eigenvalue weighted by Crippen LogP contribution is -2.28. The summed E-state index contributed by atoms with van der Waals surface area (Å²) in [6.07, 6.45) is 1.28. The maximum absolute atomic E-state index is 11.5. The van der Waals surface area contributed by atoms with E-state index in [-0.39, 0.29) is 31.1 Å². The number of halogens is 1. The number of nitrogens with one attached hydrogen (secondary N) is 1. The fourth-order valence-corrected chi connectivity index (χ4v) is 2.12. The molecule has 2 rings (SSSR count). The summed E-state index contributed by atoms with van der Waals surface area (Å²) in [5.74, 6) is -0.722. The lowest BCUT2D eigenvalue weighted by molar-refractivity contribution is -0.157. The van der Waals surface area contributed by atoms with E-state index in [0.717, 1.165) is 4.68 Å². The molecule has 0 aliphatic heterocycles. The summed E-state index contributed by atoms with van der Waals surface area (Å²) in [5, 5.41) is 9.54. The van der Waals surface area contributed by atoms with Crippen LogP contribution in [0.3, 0.4) is 0 Å². The number of carbonyl (C=O) groups is 2. The molecule has 0 fully saturated rings. The topological polar surface area (TPSA) is 143 Å². The van der Waals surface area contributed by atoms with Gasteiger partial charge in [0.25, 0.3) is 0 Å². The third kappa shape index (κ3) is 7.28. The van der Waals surface area contributed by atoms with E-state index in [0.29, 0.717) is 4.73 Å². The van der Waals surface area contributed by atoms with Gasteiger partial charge in [0.15, 0.2) is 13.5 Å². The van der Waals surface area contributed by atoms with Crippen molar-refractivity contribution in [2.45, 2.75) is 55.0 Å². The van der Waals surface area contributed by atoms with Crippen molar-refractivity contribution in [1.29, 1.82) is 0 Å². The van der Waals surface area contributed by atoms with Gasteiger partial charge in [-0.3, -0.25) is 9.59 Å². The SMILES string of the molecule is CC(C)(C)C(=O)OCn1cn[nH]c1=O.Cn1nc(Br)n(COC(=O)C(C)(C)C)c1=O. The van der Waals surface area contributed by atoms with Crippen molar-refractivity contribution in [3.63, 3.8) is 0 Å². The summed E-state index contributed by atoms with van der Waals surface area (Å²) >= 11 is 3.11. The van der Waals surface area contributed by atoms with Crippen LogP contribution in [-0.4, -0.2) is 41.1 Å². The molecule has 2 heterocycles. The second-order valence-corrected chi connectivity index (χ2v) is 9.07. The van der Waals surface area contributed by atoms with Crippen LogP contribution in [0.1, 0.15) is 41.5 Å². The first-order valence-electron chi connectivity index (χ1n) is 8.88. The number of hydrogen-bond donors (Lipinski definition) is 1. The van der Waals surface area contributed by atoms with Crippen LogP contribution in [0.5, 0.6) is 0 Å². The van der Waals surface area contributed by atoms with Crippen LogP contribution in [0.25, 0.3) is 0 Å². The molecule has 0 radical (unpaired) electrons. The van der Waals surface area contributed by atoms with Crippen LogP contribution in [0.4, 0.5) is 0 Å². The Kier molecular flexibility index (Phi) is 8.34. The molecule has 0 aromatic carbocycles. The summed E-state index contributed by atoms with van der Waals surface area (Å²) in [6, 6.07) is 0. The highest BCUT2D eigenvalue weighted by molar-refractivity contribution is 9.10. The van der Waals surface area contributed by atoms with Crippen LogP contribution in [0, 0.1) is 10.8 Å². The lowest BCUT2D eigenvalue weighted by Gasteiger charge is -2.16. The molecule has 2 aromatic heterocycles. The minimum atomic E-state index is -0.585. The van der Waals surface area contributed by atoms with E-state index in [9.17, 15) is 19.2 Å². The molecular formula is C17H27BrN6O6. The van der Waals surface area contributed by atoms with Crippen molar-refractivity contribution in [1.82, 2.24) is 29.1 Å². The largest absolute Gasteiger partial charge is 0.443 e. The van der Waals surface area contributed by atoms with Crippen molar-refractivity contribution in [2.75, 3.05) is 0 Å². The lowest BCUT2D eigenvalue weighted by atomic mass is 9.97. The predicted octanol–water partition coefficient (Wildman–Crippen LogP) is 1.01. The third-order valence-corrected chi connectivity index (χ3v) is 4.05. The molecule has 0 bridgehead atoms. The zero-order valence-electron chi connectivity index (χ0n) is 18.1. The molecule has 0 unspecified atom stereocenters. The van der Waals surface area contributed by atoms with Crippen LogP contribution < -0.4 is 11.4 Å². The first kappa shape index (κ1) is 25.3. The number of esters is 2. The number of ether oxygens (including phenoxy) is 2. The van der Waals surface area contributed by atoms with E-state index in [1.807, 2.05) is 0 Å². The number of H-pyrrole nitrogens is 1. The second kappa shape index (κ2) is 9.87. The number of aromatic nitrogens is 6. The maximum Gasteiger partial charge on any atom is 0.349 e. The molecule has 2 aromatic rings. The van der Waals surface area contributed by atoms with E-state index in [1.54, 1.807) is 41.5 Å². The van der Waals surface area contributed by atoms with Crippen LogP contribution in [0.2, 0.25) is 0 Å². The molecule has 12 nitrogen and oxygen atoms in total. The van der Waals surface area contributed by atoms with Gasteiger partial charge in [-0.15, -0.1) is 5.10 Å². The highest BCUT2D eigenvalue weighted by Crippen LogP contribution is 2.16. The minimum absolute atomic E-state index is 0.106. The number of rotatable bonds is 4. The van der Waals surface area contributed by atoms with Gasteiger partial charge in [-0.05, 0) is 57.5 Å². The van der Waals surface area contributed by atoms with Gasteiger partial charge in [0.1, 0.15) is 6.33 Å². The Morgan fingerprint density at radius 3 is 1.90 bits per heavy atom. The first-order valence-corrected chi connectivity index (χ1v) is 9.67. The summed E-state index contributed by atoms with van der Waals surface area (Å²) < 4.78 is 13.8. The van der Waals surface area contributed by atoms with E-state index in [4.69, 9.17) is 9.47 Å². The normalized spacial score (nSPS) is 11.5. The van der Waals surface area contributed by atoms with Gasteiger partial charge >= 0.3 is 23.3 Å². The summed E-state index contributed by atoms with van der Waals surface area (Å²) in [4.78, 5) is 45.2. The number of aryl methyl sites for hydroxylation is 1. The molecule has 168 valence electrons. The Labute approximate surface area is 181 Å². The molecular weight excluding hydrogens is 464 g/mol. The third-order valence-electron chi connectivity index (χ3n) is 3.47. The van der Waals surface area contributed by atoms with Gasteiger partial charge in [-0.25, -0.2) is 28.5 Å². The Bertz CT molecular complexity index is 988. The van der Waals surface area contributed by atoms with Crippen molar-refractivity contribution >= 4 is 27.9 Å². The van der Waals surface area contributed by atoms with E-state index in [1.165, 1.54) is 22.5 Å². The highest BCUT2D eigenvalue weighted by atomic mass is 79.9. The molecule has 13 heteroatoms. The predicted molar refractivity (Wildman–Crippen MR) is 109 cm³/mol. The molecule has 0 saturated carbocycles. The van der Waals surface area contributed by atoms with Gasteiger partial charge in [0.2, 0.25) is 4.73 Å². The van der Waals surface area contributed by atoms with Crippen LogP contribution in [0.15, 0.2) is 20.7 Å². The average molecular weight is 491 g/mol. The first-order chi connectivity index (χ1) is 13.6. The van der Waals surface area contributed by atoms with Crippen molar-refractivity contribution in [2.24, 2.45) is 17.9 Å². The van der Waals surface area contributed by atoms with Gasteiger partial charge < -0.3 is 9.47 Å². The van der Waals surface area contributed by atoms with Crippen LogP contribution in [-0.2, 0) is 39.6 Å². The number of aromatic amines is 1. The van der Waals surface area contributed by atoms with Crippen molar-refractivity contribution < 1.29 is 19.1 Å². The molecule has 1 N–H and O–H groups in total. The number of carbonyl (C=O) groups excluding carboxylic acids is 2. The Balaban J connectivity index is 0.000000303. The molecule has 0 saturated heterocycles. The summed E-state index contributed by atoms with van der Waals surface area (Å²) in [7, 11) is 1.52. The molecule has 0 amide bonds. The van der Waals surface area contributed by atoms with E-state index >= 15 is 0 Å². The second-order valence-electron chi connectivity index (χ2n) is 8.36. The zero-order valence-corrected chi connectivity index (χ0v) is 19.6. The van der Waals surface area contributed by atoms with Gasteiger partial charge in [0, 0.05) is 7.05 Å². The Morgan fingerprint density at radius 2 is 1.53 bits per heavy atom. The summed E-state index contributed by atoms with van der Waals surface area (Å²) in [5.41, 5.74) is -1.88. The quantitative estimate of drug-likeness (QED) is 0.625. The van der Waals surface area contributed by atoms with E-state index < -0.39 is 16.5 Å². The highest BCUT2D eigenvalue weighted by Gasteiger charge is 2.24. The van der Waals surface area contributed by atoms with Crippen LogP contribution >= 0.6 is 15.9 Å². The average Bonchev–Trinajstić information content (AvgIpc) is 3.12.